The van der Waals surface area contributed by atoms with E-state index in [1.165, 1.54) is 17.0 Å². The molecule has 1 aliphatic rings. The second kappa shape index (κ2) is 7.70. The summed E-state index contributed by atoms with van der Waals surface area (Å²) in [6.45, 7) is 0.786. The largest absolute Gasteiger partial charge is 0.476 e. The first-order valence-corrected chi connectivity index (χ1v) is 8.63. The summed E-state index contributed by atoms with van der Waals surface area (Å²) >= 11 is 5.54. The minimum atomic E-state index is -0.634. The van der Waals surface area contributed by atoms with Crippen LogP contribution >= 0.6 is 12.2 Å². The number of halogens is 1. The van der Waals surface area contributed by atoms with Gasteiger partial charge in [-0.1, -0.05) is 24.3 Å². The van der Waals surface area contributed by atoms with Crippen LogP contribution in [0.3, 0.4) is 0 Å². The number of para-hydroxylation sites is 2. The normalized spacial score (nSPS) is 15.7. The second-order valence-electron chi connectivity index (χ2n) is 6.20. The quantitative estimate of drug-likeness (QED) is 0.838. The van der Waals surface area contributed by atoms with Crippen LogP contribution in [0.2, 0.25) is 0 Å². The van der Waals surface area contributed by atoms with Gasteiger partial charge in [0.25, 0.3) is 5.91 Å². The maximum atomic E-state index is 13.0. The third-order valence-electron chi connectivity index (χ3n) is 4.09. The van der Waals surface area contributed by atoms with Gasteiger partial charge in [0.2, 0.25) is 0 Å². The van der Waals surface area contributed by atoms with Crippen LogP contribution in [0.4, 0.5) is 10.1 Å². The van der Waals surface area contributed by atoms with Crippen LogP contribution in [-0.4, -0.2) is 42.7 Å². The minimum absolute atomic E-state index is 0.120. The van der Waals surface area contributed by atoms with Crippen LogP contribution < -0.4 is 15.0 Å². The molecule has 3 rings (SSSR count). The lowest BCUT2D eigenvalue weighted by atomic mass is 10.2. The van der Waals surface area contributed by atoms with Crippen molar-refractivity contribution in [3.63, 3.8) is 0 Å². The van der Waals surface area contributed by atoms with Crippen LogP contribution in [0.5, 0.6) is 5.75 Å². The number of carbonyl (C=O) groups excluding carboxylic acids is 1. The van der Waals surface area contributed by atoms with Gasteiger partial charge in [-0.2, -0.15) is 0 Å². The number of nitrogens with one attached hydrogen (secondary N) is 1. The van der Waals surface area contributed by atoms with Crippen molar-refractivity contribution in [2.75, 3.05) is 25.5 Å². The summed E-state index contributed by atoms with van der Waals surface area (Å²) in [6, 6.07) is 13.7. The molecule has 7 heteroatoms. The fraction of sp³-hybridized carbons (Fsp3) is 0.263. The summed E-state index contributed by atoms with van der Waals surface area (Å²) in [6.07, 6.45) is -0.634. The number of benzene rings is 2. The van der Waals surface area contributed by atoms with Gasteiger partial charge in [0.05, 0.1) is 12.2 Å². The second-order valence-corrected chi connectivity index (χ2v) is 6.59. The minimum Gasteiger partial charge on any atom is -0.476 e. The van der Waals surface area contributed by atoms with E-state index in [9.17, 15) is 9.18 Å². The first kappa shape index (κ1) is 18.1. The smallest absolute Gasteiger partial charge is 0.265 e. The summed E-state index contributed by atoms with van der Waals surface area (Å²) < 4.78 is 18.9. The van der Waals surface area contributed by atoms with Crippen molar-refractivity contribution < 1.29 is 13.9 Å². The number of thiocarbonyl (C=S) groups is 1. The Labute approximate surface area is 157 Å². The Kier molecular flexibility index (Phi) is 5.37. The van der Waals surface area contributed by atoms with Crippen LogP contribution in [0.1, 0.15) is 5.56 Å². The Morgan fingerprint density at radius 2 is 1.96 bits per heavy atom. The molecule has 0 saturated heterocycles. The van der Waals surface area contributed by atoms with Crippen LogP contribution in [-0.2, 0) is 11.3 Å². The summed E-state index contributed by atoms with van der Waals surface area (Å²) in [5.41, 5.74) is 1.73. The van der Waals surface area contributed by atoms with Crippen LogP contribution in [0, 0.1) is 5.82 Å². The van der Waals surface area contributed by atoms with E-state index in [0.717, 1.165) is 11.3 Å². The van der Waals surface area contributed by atoms with Crippen molar-refractivity contribution in [2.45, 2.75) is 12.6 Å². The van der Waals surface area contributed by atoms with Crippen molar-refractivity contribution in [3.8, 4) is 5.75 Å². The molecule has 1 heterocycles. The highest BCUT2D eigenvalue weighted by molar-refractivity contribution is 7.80. The van der Waals surface area contributed by atoms with E-state index in [-0.39, 0.29) is 11.7 Å². The summed E-state index contributed by atoms with van der Waals surface area (Å²) in [5, 5.41) is 3.66. The van der Waals surface area contributed by atoms with E-state index >= 15 is 0 Å². The molecular formula is C19H20FN3O2S. The van der Waals surface area contributed by atoms with E-state index in [0.29, 0.717) is 24.0 Å². The zero-order valence-electron chi connectivity index (χ0n) is 14.6. The van der Waals surface area contributed by atoms with E-state index in [1.54, 1.807) is 26.2 Å². The van der Waals surface area contributed by atoms with Gasteiger partial charge in [-0.25, -0.2) is 4.39 Å². The molecule has 0 unspecified atom stereocenters. The predicted octanol–water partition coefficient (Wildman–Crippen LogP) is 2.56. The Hall–Kier alpha value is -2.67. The van der Waals surface area contributed by atoms with Gasteiger partial charge in [-0.3, -0.25) is 4.79 Å². The lowest BCUT2D eigenvalue weighted by Gasteiger charge is -2.36. The standard InChI is InChI=1S/C19H20FN3O2S/c1-22(2)18(24)17-12-23(15-5-3-4-6-16(15)25-17)19(26)21-11-13-7-9-14(20)10-8-13/h3-10,17H,11-12H2,1-2H3,(H,21,26)/t17-/m0/s1. The van der Waals surface area contributed by atoms with Gasteiger partial charge in [0.1, 0.15) is 11.6 Å². The zero-order valence-corrected chi connectivity index (χ0v) is 15.4. The fourth-order valence-electron chi connectivity index (χ4n) is 2.72. The van der Waals surface area contributed by atoms with Gasteiger partial charge in [-0.15, -0.1) is 0 Å². The number of hydrogen-bond acceptors (Lipinski definition) is 3. The average molecular weight is 373 g/mol. The topological polar surface area (TPSA) is 44.8 Å². The predicted molar refractivity (Wildman–Crippen MR) is 103 cm³/mol. The SMILES string of the molecule is CN(C)C(=O)[C@@H]1CN(C(=S)NCc2ccc(F)cc2)c2ccccc2O1. The molecular weight excluding hydrogens is 353 g/mol. The maximum absolute atomic E-state index is 13.0. The highest BCUT2D eigenvalue weighted by atomic mass is 32.1. The number of hydrogen-bond donors (Lipinski definition) is 1. The van der Waals surface area contributed by atoms with Crippen molar-refractivity contribution in [3.05, 3.63) is 59.9 Å². The summed E-state index contributed by atoms with van der Waals surface area (Å²) in [5.74, 6) is 0.221. The third kappa shape index (κ3) is 3.94. The third-order valence-corrected chi connectivity index (χ3v) is 4.46. The number of rotatable bonds is 3. The molecule has 0 saturated carbocycles. The number of fused-ring (bicyclic) bond motifs is 1. The number of ether oxygens (including phenoxy) is 1. The summed E-state index contributed by atoms with van der Waals surface area (Å²) in [4.78, 5) is 15.7. The van der Waals surface area contributed by atoms with E-state index in [1.807, 2.05) is 29.2 Å². The molecule has 0 aliphatic carbocycles. The average Bonchev–Trinajstić information content (AvgIpc) is 2.65. The van der Waals surface area contributed by atoms with Crippen LogP contribution in [0.25, 0.3) is 0 Å². The molecule has 0 fully saturated rings. The zero-order chi connectivity index (χ0) is 18.7. The molecule has 0 radical (unpaired) electrons. The van der Waals surface area contributed by atoms with Crippen molar-refractivity contribution in [1.29, 1.82) is 0 Å². The number of likely N-dealkylation sites (N-methyl/N-ethyl adjacent to an activating group) is 1. The highest BCUT2D eigenvalue weighted by Crippen LogP contribution is 2.33. The first-order valence-electron chi connectivity index (χ1n) is 8.22. The van der Waals surface area contributed by atoms with Gasteiger partial charge >= 0.3 is 0 Å². The lowest BCUT2D eigenvalue weighted by molar-refractivity contribution is -0.135. The Balaban J connectivity index is 1.76. The highest BCUT2D eigenvalue weighted by Gasteiger charge is 2.33. The fourth-order valence-corrected chi connectivity index (χ4v) is 2.96. The molecule has 2 aromatic carbocycles. The van der Waals surface area contributed by atoms with Crippen molar-refractivity contribution in [1.82, 2.24) is 10.2 Å². The van der Waals surface area contributed by atoms with E-state index in [4.69, 9.17) is 17.0 Å². The number of carbonyl (C=O) groups is 1. The van der Waals surface area contributed by atoms with Gasteiger partial charge in [0, 0.05) is 20.6 Å². The number of amides is 1. The molecule has 1 atom stereocenters. The van der Waals surface area contributed by atoms with E-state index in [2.05, 4.69) is 5.32 Å². The molecule has 0 aromatic heterocycles. The Bertz CT molecular complexity index is 811. The molecule has 2 aromatic rings. The molecule has 26 heavy (non-hydrogen) atoms. The maximum Gasteiger partial charge on any atom is 0.265 e. The molecule has 0 bridgehead atoms. The molecule has 1 aliphatic heterocycles. The first-order chi connectivity index (χ1) is 12.5. The Morgan fingerprint density at radius 1 is 1.27 bits per heavy atom. The van der Waals surface area contributed by atoms with E-state index < -0.39 is 6.10 Å². The number of anilines is 1. The lowest BCUT2D eigenvalue weighted by Crippen LogP contribution is -2.52. The van der Waals surface area contributed by atoms with Crippen molar-refractivity contribution >= 4 is 28.9 Å². The van der Waals surface area contributed by atoms with Gasteiger partial charge < -0.3 is 19.9 Å². The molecule has 5 nitrogen and oxygen atoms in total. The Morgan fingerprint density at radius 3 is 2.65 bits per heavy atom. The molecule has 0 spiro atoms. The van der Waals surface area contributed by atoms with Gasteiger partial charge in [-0.05, 0) is 42.0 Å². The van der Waals surface area contributed by atoms with Gasteiger partial charge in [0.15, 0.2) is 11.2 Å². The monoisotopic (exact) mass is 373 g/mol. The molecule has 1 N–H and O–H groups in total. The van der Waals surface area contributed by atoms with Crippen molar-refractivity contribution in [2.24, 2.45) is 0 Å². The number of nitrogens with zero attached hydrogens (tertiary/aromatic N) is 2. The van der Waals surface area contributed by atoms with Crippen LogP contribution in [0.15, 0.2) is 48.5 Å². The molecule has 1 amide bonds. The summed E-state index contributed by atoms with van der Waals surface area (Å²) in [7, 11) is 3.39. The molecule has 136 valence electrons.